The fraction of sp³-hybridized carbons (Fsp3) is 0.417. The van der Waals surface area contributed by atoms with Gasteiger partial charge < -0.3 is 5.32 Å². The van der Waals surface area contributed by atoms with Crippen molar-refractivity contribution in [3.8, 4) is 10.4 Å². The minimum Gasteiger partial charge on any atom is -0.319 e. The molecule has 0 atom stereocenters. The molecule has 0 radical (unpaired) electrons. The molecule has 0 aliphatic carbocycles. The lowest BCUT2D eigenvalue weighted by molar-refractivity contribution is 0.678. The van der Waals surface area contributed by atoms with Crippen molar-refractivity contribution >= 4 is 27.3 Å². The van der Waals surface area contributed by atoms with Gasteiger partial charge in [-0.1, -0.05) is 0 Å². The van der Waals surface area contributed by atoms with Gasteiger partial charge in [0.2, 0.25) is 0 Å². The van der Waals surface area contributed by atoms with Gasteiger partial charge in [0.15, 0.2) is 0 Å². The monoisotopic (exact) mass is 313 g/mol. The molecule has 2 aromatic heterocycles. The highest BCUT2D eigenvalue weighted by Gasteiger charge is 2.15. The van der Waals surface area contributed by atoms with Crippen LogP contribution in [0.2, 0.25) is 0 Å². The van der Waals surface area contributed by atoms with Crippen LogP contribution in [-0.2, 0) is 13.5 Å². The highest BCUT2D eigenvalue weighted by molar-refractivity contribution is 9.10. The average Bonchev–Trinajstić information content (AvgIpc) is 2.80. The van der Waals surface area contributed by atoms with E-state index >= 15 is 0 Å². The molecule has 0 aliphatic rings. The molecule has 17 heavy (non-hydrogen) atoms. The molecule has 92 valence electrons. The van der Waals surface area contributed by atoms with Crippen molar-refractivity contribution in [3.05, 3.63) is 27.3 Å². The third-order valence-electron chi connectivity index (χ3n) is 2.77. The van der Waals surface area contributed by atoms with Crippen molar-refractivity contribution in [2.24, 2.45) is 7.05 Å². The van der Waals surface area contributed by atoms with Crippen LogP contribution in [0.3, 0.4) is 0 Å². The molecule has 0 aromatic carbocycles. The molecule has 1 N–H and O–H groups in total. The van der Waals surface area contributed by atoms with Gasteiger partial charge in [0.25, 0.3) is 0 Å². The summed E-state index contributed by atoms with van der Waals surface area (Å²) in [7, 11) is 3.99. The van der Waals surface area contributed by atoms with Crippen LogP contribution in [0, 0.1) is 6.92 Å². The Kier molecular flexibility index (Phi) is 4.01. The highest BCUT2D eigenvalue weighted by Crippen LogP contribution is 2.34. The van der Waals surface area contributed by atoms with Crippen LogP contribution in [0.5, 0.6) is 0 Å². The van der Waals surface area contributed by atoms with Crippen molar-refractivity contribution in [3.63, 3.8) is 0 Å². The van der Waals surface area contributed by atoms with Gasteiger partial charge in [-0.3, -0.25) is 4.68 Å². The number of aryl methyl sites for hydroxylation is 2. The Morgan fingerprint density at radius 2 is 2.29 bits per heavy atom. The van der Waals surface area contributed by atoms with Crippen LogP contribution in [0.1, 0.15) is 11.4 Å². The largest absolute Gasteiger partial charge is 0.319 e. The van der Waals surface area contributed by atoms with Gasteiger partial charge in [-0.2, -0.15) is 5.10 Å². The van der Waals surface area contributed by atoms with E-state index < -0.39 is 0 Å². The molecule has 0 spiro atoms. The molecule has 2 aromatic rings. The van der Waals surface area contributed by atoms with Gasteiger partial charge in [0, 0.05) is 46.0 Å². The minimum atomic E-state index is 0.971. The number of rotatable bonds is 4. The third-order valence-corrected chi connectivity index (χ3v) is 4.48. The predicted molar refractivity (Wildman–Crippen MR) is 76.6 cm³/mol. The SMILES string of the molecule is CNCCc1c(-c2cc(Br)cs2)c(C)nn1C. The van der Waals surface area contributed by atoms with Crippen molar-refractivity contribution in [2.45, 2.75) is 13.3 Å². The third kappa shape index (κ3) is 2.61. The first-order valence-electron chi connectivity index (χ1n) is 5.55. The molecule has 2 heterocycles. The Morgan fingerprint density at radius 3 is 2.88 bits per heavy atom. The molecular weight excluding hydrogens is 298 g/mol. The Hall–Kier alpha value is -0.650. The van der Waals surface area contributed by atoms with Crippen molar-refractivity contribution in [2.75, 3.05) is 13.6 Å². The Balaban J connectivity index is 2.44. The number of nitrogens with zero attached hydrogens (tertiary/aromatic N) is 2. The van der Waals surface area contributed by atoms with E-state index in [9.17, 15) is 0 Å². The van der Waals surface area contributed by atoms with E-state index in [1.807, 2.05) is 18.8 Å². The van der Waals surface area contributed by atoms with E-state index in [-0.39, 0.29) is 0 Å². The van der Waals surface area contributed by atoms with Crippen molar-refractivity contribution in [1.82, 2.24) is 15.1 Å². The van der Waals surface area contributed by atoms with Crippen LogP contribution in [0.4, 0.5) is 0 Å². The molecule has 0 fully saturated rings. The first-order valence-corrected chi connectivity index (χ1v) is 7.22. The van der Waals surface area contributed by atoms with Crippen molar-refractivity contribution in [1.29, 1.82) is 0 Å². The molecule has 0 saturated carbocycles. The zero-order valence-corrected chi connectivity index (χ0v) is 12.7. The molecule has 0 unspecified atom stereocenters. The summed E-state index contributed by atoms with van der Waals surface area (Å²) in [6, 6.07) is 2.16. The number of nitrogens with one attached hydrogen (secondary N) is 1. The number of hydrogen-bond acceptors (Lipinski definition) is 3. The summed E-state index contributed by atoms with van der Waals surface area (Å²) >= 11 is 5.27. The van der Waals surface area contributed by atoms with Crippen LogP contribution < -0.4 is 5.32 Å². The fourth-order valence-electron chi connectivity index (χ4n) is 2.00. The topological polar surface area (TPSA) is 29.9 Å². The molecule has 0 amide bonds. The predicted octanol–water partition coefficient (Wildman–Crippen LogP) is 2.98. The van der Waals surface area contributed by atoms with E-state index in [0.717, 1.165) is 23.1 Å². The standard InChI is InChI=1S/C12H16BrN3S/c1-8-12(11-6-9(13)7-17-11)10(4-5-14-2)16(3)15-8/h6-7,14H,4-5H2,1-3H3. The van der Waals surface area contributed by atoms with Gasteiger partial charge in [0.05, 0.1) is 5.69 Å². The zero-order chi connectivity index (χ0) is 12.4. The maximum Gasteiger partial charge on any atom is 0.0683 e. The molecule has 5 heteroatoms. The second-order valence-electron chi connectivity index (χ2n) is 4.01. The summed E-state index contributed by atoms with van der Waals surface area (Å²) in [6.07, 6.45) is 0.999. The number of aromatic nitrogens is 2. The second kappa shape index (κ2) is 5.33. The van der Waals surface area contributed by atoms with Crippen LogP contribution in [0.25, 0.3) is 10.4 Å². The Morgan fingerprint density at radius 1 is 1.53 bits per heavy atom. The Bertz CT molecular complexity index is 516. The molecular formula is C12H16BrN3S. The first-order chi connectivity index (χ1) is 8.13. The normalized spacial score (nSPS) is 11.1. The zero-order valence-electron chi connectivity index (χ0n) is 10.2. The Labute approximate surface area is 114 Å². The molecule has 0 aliphatic heterocycles. The first kappa shape index (κ1) is 12.8. The van der Waals surface area contributed by atoms with Gasteiger partial charge in [-0.15, -0.1) is 11.3 Å². The number of likely N-dealkylation sites (N-methyl/N-ethyl adjacent to an activating group) is 1. The summed E-state index contributed by atoms with van der Waals surface area (Å²) < 4.78 is 3.13. The summed E-state index contributed by atoms with van der Waals surface area (Å²) in [5.41, 5.74) is 3.69. The number of thiophene rings is 1. The lowest BCUT2D eigenvalue weighted by atomic mass is 10.1. The van der Waals surface area contributed by atoms with E-state index in [1.54, 1.807) is 11.3 Å². The summed E-state index contributed by atoms with van der Waals surface area (Å²) in [5.74, 6) is 0. The lowest BCUT2D eigenvalue weighted by Crippen LogP contribution is -2.13. The van der Waals surface area contributed by atoms with Gasteiger partial charge in [-0.25, -0.2) is 0 Å². The lowest BCUT2D eigenvalue weighted by Gasteiger charge is -2.04. The fourth-order valence-corrected chi connectivity index (χ4v) is 3.55. The average molecular weight is 314 g/mol. The van der Waals surface area contributed by atoms with Crippen LogP contribution in [-0.4, -0.2) is 23.4 Å². The highest BCUT2D eigenvalue weighted by atomic mass is 79.9. The molecule has 0 saturated heterocycles. The number of halogens is 1. The minimum absolute atomic E-state index is 0.971. The van der Waals surface area contributed by atoms with E-state index in [1.165, 1.54) is 16.1 Å². The maximum absolute atomic E-state index is 4.53. The van der Waals surface area contributed by atoms with Gasteiger partial charge >= 0.3 is 0 Å². The molecule has 3 nitrogen and oxygen atoms in total. The number of hydrogen-bond donors (Lipinski definition) is 1. The van der Waals surface area contributed by atoms with E-state index in [4.69, 9.17) is 0 Å². The summed E-state index contributed by atoms with van der Waals surface area (Å²) in [5, 5.41) is 9.83. The molecule has 2 rings (SSSR count). The van der Waals surface area contributed by atoms with Crippen LogP contribution in [0.15, 0.2) is 15.9 Å². The molecule has 0 bridgehead atoms. The van der Waals surface area contributed by atoms with Crippen molar-refractivity contribution < 1.29 is 0 Å². The summed E-state index contributed by atoms with van der Waals surface area (Å²) in [6.45, 7) is 3.05. The van der Waals surface area contributed by atoms with Crippen LogP contribution >= 0.6 is 27.3 Å². The second-order valence-corrected chi connectivity index (χ2v) is 5.84. The summed E-state index contributed by atoms with van der Waals surface area (Å²) in [4.78, 5) is 1.29. The van der Waals surface area contributed by atoms with Gasteiger partial charge in [-0.05, 0) is 36.0 Å². The quantitative estimate of drug-likeness (QED) is 0.940. The van der Waals surface area contributed by atoms with E-state index in [0.29, 0.717) is 0 Å². The van der Waals surface area contributed by atoms with E-state index in [2.05, 4.69) is 44.7 Å². The van der Waals surface area contributed by atoms with Gasteiger partial charge in [0.1, 0.15) is 0 Å². The maximum atomic E-state index is 4.53. The smallest absolute Gasteiger partial charge is 0.0683 e.